The number of carbonyl (C=O) groups excluding carboxylic acids is 2. The highest BCUT2D eigenvalue weighted by atomic mass is 79.9. The van der Waals surface area contributed by atoms with Crippen LogP contribution in [0.25, 0.3) is 5.76 Å². The summed E-state index contributed by atoms with van der Waals surface area (Å²) in [6, 6.07) is 12.1. The molecular formula is C27H31BrN2O5. The molecule has 1 unspecified atom stereocenters. The zero-order valence-corrected chi connectivity index (χ0v) is 21.7. The van der Waals surface area contributed by atoms with Crippen LogP contribution < -0.4 is 4.74 Å². The van der Waals surface area contributed by atoms with E-state index in [0.29, 0.717) is 31.9 Å². The number of carbonyl (C=O) groups is 2. The van der Waals surface area contributed by atoms with Crippen LogP contribution in [0.3, 0.4) is 0 Å². The summed E-state index contributed by atoms with van der Waals surface area (Å²) < 4.78 is 11.9. The Morgan fingerprint density at radius 1 is 1.11 bits per heavy atom. The summed E-state index contributed by atoms with van der Waals surface area (Å²) in [6.07, 6.45) is 0.724. The lowest BCUT2D eigenvalue weighted by Crippen LogP contribution is -2.38. The maximum atomic E-state index is 13.2. The van der Waals surface area contributed by atoms with E-state index in [0.717, 1.165) is 47.4 Å². The standard InChI is InChI=1S/C27H31BrN2O5/c1-3-35-22-10-7-20(17-18(22)2)25(31)23-24(19-5-8-21(28)9-6-19)30(27(33)26(23)32)12-4-11-29-13-15-34-16-14-29/h5-10,17,24,31H,3-4,11-16H2,1-2H3/b25-23+. The molecule has 0 saturated carbocycles. The van der Waals surface area contributed by atoms with E-state index in [-0.39, 0.29) is 11.3 Å². The zero-order valence-electron chi connectivity index (χ0n) is 20.1. The summed E-state index contributed by atoms with van der Waals surface area (Å²) in [5.74, 6) is -0.687. The highest BCUT2D eigenvalue weighted by molar-refractivity contribution is 9.10. The molecule has 0 aromatic heterocycles. The number of aliphatic hydroxyl groups is 1. The maximum absolute atomic E-state index is 13.2. The first-order valence-electron chi connectivity index (χ1n) is 12.0. The van der Waals surface area contributed by atoms with Gasteiger partial charge in [-0.2, -0.15) is 0 Å². The number of ketones is 1. The van der Waals surface area contributed by atoms with Crippen LogP contribution in [0.15, 0.2) is 52.5 Å². The summed E-state index contributed by atoms with van der Waals surface area (Å²) in [7, 11) is 0. The minimum atomic E-state index is -0.659. The quantitative estimate of drug-likeness (QED) is 0.304. The highest BCUT2D eigenvalue weighted by Gasteiger charge is 2.45. The average molecular weight is 543 g/mol. The van der Waals surface area contributed by atoms with Crippen molar-refractivity contribution in [3.05, 3.63) is 69.2 Å². The van der Waals surface area contributed by atoms with E-state index in [4.69, 9.17) is 9.47 Å². The minimum absolute atomic E-state index is 0.118. The van der Waals surface area contributed by atoms with E-state index in [1.165, 1.54) is 0 Å². The molecule has 35 heavy (non-hydrogen) atoms. The van der Waals surface area contributed by atoms with Crippen molar-refractivity contribution in [3.63, 3.8) is 0 Å². The largest absolute Gasteiger partial charge is 0.507 e. The van der Waals surface area contributed by atoms with Gasteiger partial charge < -0.3 is 19.5 Å². The van der Waals surface area contributed by atoms with Crippen molar-refractivity contribution in [3.8, 4) is 5.75 Å². The van der Waals surface area contributed by atoms with Gasteiger partial charge in [0.1, 0.15) is 11.5 Å². The number of ether oxygens (including phenoxy) is 2. The van der Waals surface area contributed by atoms with Gasteiger partial charge in [-0.15, -0.1) is 0 Å². The molecule has 0 spiro atoms. The normalized spacial score (nSPS) is 20.4. The van der Waals surface area contributed by atoms with Crippen LogP contribution in [0.1, 0.15) is 36.1 Å². The Morgan fingerprint density at radius 2 is 1.83 bits per heavy atom. The Hall–Kier alpha value is -2.68. The topological polar surface area (TPSA) is 79.3 Å². The number of halogens is 1. The summed E-state index contributed by atoms with van der Waals surface area (Å²) >= 11 is 3.45. The van der Waals surface area contributed by atoms with Crippen molar-refractivity contribution in [1.29, 1.82) is 0 Å². The lowest BCUT2D eigenvalue weighted by atomic mass is 9.94. The molecule has 8 heteroatoms. The van der Waals surface area contributed by atoms with Crippen LogP contribution in [0, 0.1) is 6.92 Å². The van der Waals surface area contributed by atoms with Gasteiger partial charge in [0.05, 0.1) is 31.4 Å². The SMILES string of the molecule is CCOc1ccc(/C(O)=C2\C(=O)C(=O)N(CCCN3CCOCC3)C2c2ccc(Br)cc2)cc1C. The number of aryl methyl sites for hydroxylation is 1. The van der Waals surface area contributed by atoms with E-state index in [2.05, 4.69) is 20.8 Å². The van der Waals surface area contributed by atoms with E-state index in [1.807, 2.05) is 38.1 Å². The third kappa shape index (κ3) is 5.60. The third-order valence-electron chi connectivity index (χ3n) is 6.45. The Morgan fingerprint density at radius 3 is 2.49 bits per heavy atom. The van der Waals surface area contributed by atoms with E-state index >= 15 is 0 Å². The number of hydrogen-bond acceptors (Lipinski definition) is 6. The fourth-order valence-electron chi connectivity index (χ4n) is 4.66. The summed E-state index contributed by atoms with van der Waals surface area (Å²) in [6.45, 7) is 8.72. The number of aliphatic hydroxyl groups excluding tert-OH is 1. The van der Waals surface area contributed by atoms with Crippen molar-refractivity contribution >= 4 is 33.4 Å². The number of morpholine rings is 1. The Kier molecular flexibility index (Phi) is 8.26. The lowest BCUT2D eigenvalue weighted by Gasteiger charge is -2.29. The van der Waals surface area contributed by atoms with Gasteiger partial charge in [0, 0.05) is 36.2 Å². The molecular weight excluding hydrogens is 512 g/mol. The summed E-state index contributed by atoms with van der Waals surface area (Å²) in [5, 5.41) is 11.3. The second-order valence-corrected chi connectivity index (χ2v) is 9.68. The summed E-state index contributed by atoms with van der Waals surface area (Å²) in [5.41, 5.74) is 2.23. The predicted octanol–water partition coefficient (Wildman–Crippen LogP) is 4.30. The van der Waals surface area contributed by atoms with Crippen LogP contribution in [0.4, 0.5) is 0 Å². The van der Waals surface area contributed by atoms with E-state index in [1.54, 1.807) is 23.1 Å². The molecule has 2 aliphatic rings. The first kappa shape index (κ1) is 25.4. The number of hydrogen-bond donors (Lipinski definition) is 1. The zero-order chi connectivity index (χ0) is 24.9. The molecule has 2 fully saturated rings. The van der Waals surface area contributed by atoms with Gasteiger partial charge in [-0.25, -0.2) is 0 Å². The molecule has 2 heterocycles. The molecule has 1 amide bonds. The number of nitrogens with zero attached hydrogens (tertiary/aromatic N) is 2. The van der Waals surface area contributed by atoms with Gasteiger partial charge in [-0.1, -0.05) is 28.1 Å². The minimum Gasteiger partial charge on any atom is -0.507 e. The summed E-state index contributed by atoms with van der Waals surface area (Å²) in [4.78, 5) is 30.3. The number of likely N-dealkylation sites (tertiary alicyclic amines) is 1. The molecule has 2 aromatic carbocycles. The number of Topliss-reactive ketones (excluding diaryl/α,β-unsaturated/α-hetero) is 1. The molecule has 0 aliphatic carbocycles. The van der Waals surface area contributed by atoms with Crippen LogP contribution in [0.2, 0.25) is 0 Å². The Labute approximate surface area is 214 Å². The third-order valence-corrected chi connectivity index (χ3v) is 6.98. The van der Waals surface area contributed by atoms with Crippen molar-refractivity contribution in [1.82, 2.24) is 9.80 Å². The van der Waals surface area contributed by atoms with Gasteiger partial charge in [0.2, 0.25) is 0 Å². The van der Waals surface area contributed by atoms with Crippen molar-refractivity contribution < 1.29 is 24.2 Å². The predicted molar refractivity (Wildman–Crippen MR) is 137 cm³/mol. The molecule has 1 atom stereocenters. The van der Waals surface area contributed by atoms with Crippen LogP contribution in [0.5, 0.6) is 5.75 Å². The molecule has 2 saturated heterocycles. The highest BCUT2D eigenvalue weighted by Crippen LogP contribution is 2.40. The molecule has 2 aliphatic heterocycles. The van der Waals surface area contributed by atoms with Crippen molar-refractivity contribution in [2.45, 2.75) is 26.3 Å². The maximum Gasteiger partial charge on any atom is 0.295 e. The van der Waals surface area contributed by atoms with Crippen LogP contribution in [-0.4, -0.2) is 72.6 Å². The van der Waals surface area contributed by atoms with Crippen molar-refractivity contribution in [2.24, 2.45) is 0 Å². The van der Waals surface area contributed by atoms with Crippen LogP contribution in [-0.2, 0) is 14.3 Å². The van der Waals surface area contributed by atoms with E-state index in [9.17, 15) is 14.7 Å². The van der Waals surface area contributed by atoms with Gasteiger partial charge in [-0.05, 0) is 61.7 Å². The van der Waals surface area contributed by atoms with E-state index < -0.39 is 17.7 Å². The second kappa shape index (κ2) is 11.4. The molecule has 0 radical (unpaired) electrons. The lowest BCUT2D eigenvalue weighted by molar-refractivity contribution is -0.140. The number of amides is 1. The van der Waals surface area contributed by atoms with Gasteiger partial charge in [0.15, 0.2) is 0 Å². The fourth-order valence-corrected chi connectivity index (χ4v) is 4.93. The Balaban J connectivity index is 1.67. The monoisotopic (exact) mass is 542 g/mol. The second-order valence-electron chi connectivity index (χ2n) is 8.76. The average Bonchev–Trinajstić information content (AvgIpc) is 3.11. The van der Waals surface area contributed by atoms with Crippen molar-refractivity contribution in [2.75, 3.05) is 46.0 Å². The molecule has 1 N–H and O–H groups in total. The number of rotatable bonds is 8. The van der Waals surface area contributed by atoms with Gasteiger partial charge >= 0.3 is 0 Å². The van der Waals surface area contributed by atoms with Gasteiger partial charge in [-0.3, -0.25) is 14.5 Å². The van der Waals surface area contributed by atoms with Crippen LogP contribution >= 0.6 is 15.9 Å². The molecule has 4 rings (SSSR count). The number of benzene rings is 2. The molecule has 186 valence electrons. The molecule has 2 aromatic rings. The first-order chi connectivity index (χ1) is 16.9. The van der Waals surface area contributed by atoms with Gasteiger partial charge in [0.25, 0.3) is 11.7 Å². The Bertz CT molecular complexity index is 1110. The fraction of sp³-hybridized carbons (Fsp3) is 0.407. The molecule has 0 bridgehead atoms. The smallest absolute Gasteiger partial charge is 0.295 e. The first-order valence-corrected chi connectivity index (χ1v) is 12.8. The molecule has 7 nitrogen and oxygen atoms in total.